The Kier molecular flexibility index (Phi) is 7.19. The maximum absolute atomic E-state index is 8.75. The number of fused-ring (bicyclic) bond motifs is 8. The second-order valence-corrected chi connectivity index (χ2v) is 10.8. The number of aryl methyl sites for hydroxylation is 3. The van der Waals surface area contributed by atoms with E-state index in [9.17, 15) is 0 Å². The van der Waals surface area contributed by atoms with Crippen molar-refractivity contribution in [1.82, 2.24) is 19.9 Å². The highest BCUT2D eigenvalue weighted by molar-refractivity contribution is 5.86. The predicted octanol–water partition coefficient (Wildman–Crippen LogP) is 8.98. The van der Waals surface area contributed by atoms with E-state index >= 15 is 0 Å². The van der Waals surface area contributed by atoms with Crippen LogP contribution < -0.4 is 0 Å². The van der Waals surface area contributed by atoms with Crippen LogP contribution in [0.25, 0.3) is 50.2 Å². The summed E-state index contributed by atoms with van der Waals surface area (Å²) in [4.78, 5) is 20.6. The molecule has 0 saturated carbocycles. The van der Waals surface area contributed by atoms with E-state index in [2.05, 4.69) is 92.4 Å². The molecule has 2 N–H and O–H groups in total. The van der Waals surface area contributed by atoms with Crippen molar-refractivity contribution in [1.29, 1.82) is 0 Å². The second kappa shape index (κ2) is 10.6. The minimum Gasteiger partial charge on any atom is -0.355 e. The molecule has 2 aliphatic heterocycles. The number of aromatic amines is 2. The van der Waals surface area contributed by atoms with E-state index in [1.165, 1.54) is 11.1 Å². The molecule has 7 heteroatoms. The molecule has 2 atom stereocenters. The molecular formula is C32H37N7. The fourth-order valence-corrected chi connectivity index (χ4v) is 6.11. The zero-order valence-electron chi connectivity index (χ0n) is 23.8. The maximum Gasteiger partial charge on any atom is 0.0687 e. The Hall–Kier alpha value is -4.09. The third-order valence-electron chi connectivity index (χ3n) is 8.51. The fourth-order valence-electron chi connectivity index (χ4n) is 6.11. The molecule has 7 nitrogen and oxygen atoms in total. The van der Waals surface area contributed by atoms with E-state index in [0.717, 1.165) is 86.4 Å². The fraction of sp³-hybridized carbons (Fsp3) is 0.375. The molecule has 3 aromatic rings. The van der Waals surface area contributed by atoms with Gasteiger partial charge in [0.25, 0.3) is 0 Å². The summed E-state index contributed by atoms with van der Waals surface area (Å²) in [5.41, 5.74) is 24.2. The molecule has 8 bridgehead atoms. The van der Waals surface area contributed by atoms with Crippen LogP contribution in [0.3, 0.4) is 0 Å². The Morgan fingerprint density at radius 2 is 1.74 bits per heavy atom. The summed E-state index contributed by atoms with van der Waals surface area (Å²) in [5.74, 6) is 0.450. The third-order valence-corrected chi connectivity index (χ3v) is 8.51. The van der Waals surface area contributed by atoms with Crippen molar-refractivity contribution in [2.45, 2.75) is 72.6 Å². The van der Waals surface area contributed by atoms with Crippen LogP contribution in [0.5, 0.6) is 0 Å². The van der Waals surface area contributed by atoms with Crippen LogP contribution >= 0.6 is 0 Å². The zero-order chi connectivity index (χ0) is 27.8. The van der Waals surface area contributed by atoms with Gasteiger partial charge in [-0.1, -0.05) is 31.6 Å². The van der Waals surface area contributed by atoms with Crippen molar-refractivity contribution >= 4 is 39.8 Å². The van der Waals surface area contributed by atoms with Crippen molar-refractivity contribution in [3.05, 3.63) is 85.8 Å². The average Bonchev–Trinajstić information content (AvgIpc) is 3.61. The van der Waals surface area contributed by atoms with E-state index in [-0.39, 0.29) is 11.8 Å². The number of hydrogen-bond donors (Lipinski definition) is 2. The zero-order valence-corrected chi connectivity index (χ0v) is 23.8. The molecule has 0 unspecified atom stereocenters. The Morgan fingerprint density at radius 1 is 1.00 bits per heavy atom. The van der Waals surface area contributed by atoms with Gasteiger partial charge in [0.05, 0.1) is 11.4 Å². The number of H-pyrrole nitrogens is 2. The molecule has 0 spiro atoms. The smallest absolute Gasteiger partial charge is 0.0687 e. The molecule has 0 aliphatic carbocycles. The van der Waals surface area contributed by atoms with E-state index in [1.807, 2.05) is 6.08 Å². The van der Waals surface area contributed by atoms with Crippen LogP contribution in [0.4, 0.5) is 0 Å². The van der Waals surface area contributed by atoms with Crippen LogP contribution in [-0.4, -0.2) is 26.5 Å². The first kappa shape index (κ1) is 26.5. The summed E-state index contributed by atoms with van der Waals surface area (Å²) in [7, 11) is 0. The quantitative estimate of drug-likeness (QED) is 0.147. The van der Waals surface area contributed by atoms with Gasteiger partial charge in [0.1, 0.15) is 0 Å². The Morgan fingerprint density at radius 3 is 2.46 bits per heavy atom. The lowest BCUT2D eigenvalue weighted by Crippen LogP contribution is -2.05. The Labute approximate surface area is 229 Å². The van der Waals surface area contributed by atoms with Crippen molar-refractivity contribution in [2.24, 2.45) is 5.11 Å². The number of nitrogens with zero attached hydrogens (tertiary/aromatic N) is 5. The number of nitrogens with one attached hydrogen (secondary N) is 2. The van der Waals surface area contributed by atoms with Crippen molar-refractivity contribution < 1.29 is 0 Å². The Balaban J connectivity index is 1.88. The monoisotopic (exact) mass is 519 g/mol. The van der Waals surface area contributed by atoms with Gasteiger partial charge in [0.15, 0.2) is 0 Å². The van der Waals surface area contributed by atoms with Crippen LogP contribution in [-0.2, 0) is 6.42 Å². The first-order valence-corrected chi connectivity index (χ1v) is 13.8. The predicted molar refractivity (Wildman–Crippen MR) is 163 cm³/mol. The summed E-state index contributed by atoms with van der Waals surface area (Å²) < 4.78 is 0. The minimum absolute atomic E-state index is 0.223. The van der Waals surface area contributed by atoms with Gasteiger partial charge in [-0.2, -0.15) is 0 Å². The molecule has 0 radical (unpaired) electrons. The molecule has 200 valence electrons. The largest absolute Gasteiger partial charge is 0.355 e. The number of rotatable bonds is 6. The normalized spacial score (nSPS) is 16.6. The van der Waals surface area contributed by atoms with E-state index in [1.54, 1.807) is 0 Å². The number of aromatic nitrogens is 4. The lowest BCUT2D eigenvalue weighted by atomic mass is 9.86. The van der Waals surface area contributed by atoms with Gasteiger partial charge in [-0.3, -0.25) is 4.98 Å². The van der Waals surface area contributed by atoms with Crippen molar-refractivity contribution in [3.8, 4) is 0 Å². The summed E-state index contributed by atoms with van der Waals surface area (Å²) >= 11 is 0. The molecular weight excluding hydrogens is 482 g/mol. The highest BCUT2D eigenvalue weighted by Crippen LogP contribution is 2.42. The second-order valence-electron chi connectivity index (χ2n) is 10.8. The van der Waals surface area contributed by atoms with Crippen molar-refractivity contribution in [2.75, 3.05) is 6.54 Å². The van der Waals surface area contributed by atoms with Gasteiger partial charge in [-0.15, -0.1) is 0 Å². The summed E-state index contributed by atoms with van der Waals surface area (Å²) in [6, 6.07) is 6.58. The van der Waals surface area contributed by atoms with Gasteiger partial charge in [0, 0.05) is 62.3 Å². The topological polar surface area (TPSA) is 106 Å². The third kappa shape index (κ3) is 4.68. The first-order valence-electron chi connectivity index (χ1n) is 13.8. The molecule has 0 aromatic carbocycles. The van der Waals surface area contributed by atoms with Crippen LogP contribution in [0.1, 0.15) is 96.0 Å². The molecule has 39 heavy (non-hydrogen) atoms. The van der Waals surface area contributed by atoms with Gasteiger partial charge in [-0.05, 0) is 105 Å². The SMILES string of the molecule is C=Cc1c(C)c2cc3nc(c(C)c4nc(cc5[nH]c(cc1[nH]2)c(C)c5CC)C(C)=C4)[C@@H](CCCN=[N+]=[N-])[C@@H]3C. The van der Waals surface area contributed by atoms with Gasteiger partial charge < -0.3 is 9.97 Å². The van der Waals surface area contributed by atoms with Crippen LogP contribution in [0.15, 0.2) is 29.9 Å². The first-order chi connectivity index (χ1) is 18.8. The molecule has 0 amide bonds. The molecule has 3 aromatic heterocycles. The van der Waals surface area contributed by atoms with Crippen LogP contribution in [0.2, 0.25) is 0 Å². The number of allylic oxidation sites excluding steroid dienone is 1. The standard InChI is InChI=1S/C32H37N7/c1-8-22-19(5)28-16-31-23(9-2)18(4)27(36-31)15-29-20(6)24(11-10-12-34-39-33)32(38-29)21(7)26-13-17(3)25(35-26)14-30(22)37-28/h9,13-16,20,24,36-37H,2,8,10-12H2,1,3-7H3/t20-,24-/m0/s1. The average molecular weight is 520 g/mol. The number of azide groups is 1. The Bertz CT molecular complexity index is 1710. The van der Waals surface area contributed by atoms with Gasteiger partial charge in [-0.25, -0.2) is 4.98 Å². The van der Waals surface area contributed by atoms with E-state index in [4.69, 9.17) is 15.5 Å². The summed E-state index contributed by atoms with van der Waals surface area (Å²) in [6.07, 6.45) is 6.76. The molecule has 0 fully saturated rings. The minimum atomic E-state index is 0.223. The molecule has 5 heterocycles. The number of hydrogen-bond acceptors (Lipinski definition) is 3. The van der Waals surface area contributed by atoms with E-state index in [0.29, 0.717) is 6.54 Å². The molecule has 5 rings (SSSR count). The van der Waals surface area contributed by atoms with Crippen LogP contribution in [0, 0.1) is 20.8 Å². The summed E-state index contributed by atoms with van der Waals surface area (Å²) in [5, 5.41) is 3.76. The molecule has 2 aliphatic rings. The van der Waals surface area contributed by atoms with Crippen molar-refractivity contribution in [3.63, 3.8) is 0 Å². The van der Waals surface area contributed by atoms with Gasteiger partial charge >= 0.3 is 0 Å². The summed E-state index contributed by atoms with van der Waals surface area (Å²) in [6.45, 7) is 17.6. The lowest BCUT2D eigenvalue weighted by Gasteiger charge is -2.16. The van der Waals surface area contributed by atoms with E-state index < -0.39 is 0 Å². The van der Waals surface area contributed by atoms with Gasteiger partial charge in [0.2, 0.25) is 0 Å². The lowest BCUT2D eigenvalue weighted by molar-refractivity contribution is 0.537. The molecule has 0 saturated heterocycles. The maximum atomic E-state index is 8.75. The highest BCUT2D eigenvalue weighted by Gasteiger charge is 2.30. The highest BCUT2D eigenvalue weighted by atomic mass is 15.1.